The molecule has 0 bridgehead atoms. The largest absolute Gasteiger partial charge is 0.484 e. The van der Waals surface area contributed by atoms with Crippen LogP contribution in [0.25, 0.3) is 0 Å². The van der Waals surface area contributed by atoms with Crippen molar-refractivity contribution >= 4 is 23.3 Å². The van der Waals surface area contributed by atoms with Crippen LogP contribution in [-0.2, 0) is 9.59 Å². The maximum absolute atomic E-state index is 12.1. The molecular weight excluding hydrogens is 312 g/mol. The van der Waals surface area contributed by atoms with Gasteiger partial charge < -0.3 is 25.2 Å². The minimum atomic E-state index is -0.504. The average Bonchev–Trinajstić information content (AvgIpc) is 2.97. The second-order valence-electron chi connectivity index (χ2n) is 5.17. The second kappa shape index (κ2) is 8.00. The number of rotatable bonds is 7. The molecule has 0 radical (unpaired) electrons. The van der Waals surface area contributed by atoms with Crippen molar-refractivity contribution in [2.45, 2.75) is 19.9 Å². The highest BCUT2D eigenvalue weighted by Gasteiger charge is 2.14. The Bertz CT molecular complexity index is 714. The first-order valence-corrected chi connectivity index (χ1v) is 7.42. The minimum Gasteiger partial charge on any atom is -0.484 e. The molecule has 0 saturated heterocycles. The molecule has 8 nitrogen and oxygen atoms in total. The number of carbonyl (C=O) groups excluding carboxylic acids is 2. The van der Waals surface area contributed by atoms with Crippen molar-refractivity contribution in [2.75, 3.05) is 24.3 Å². The minimum absolute atomic E-state index is 0.0680. The first-order chi connectivity index (χ1) is 11.5. The highest BCUT2D eigenvalue weighted by molar-refractivity contribution is 5.95. The third kappa shape index (κ3) is 5.01. The number of anilines is 2. The fraction of sp³-hybridized carbons (Fsp3) is 0.312. The Balaban J connectivity index is 1.91. The van der Waals surface area contributed by atoms with Gasteiger partial charge in [0.1, 0.15) is 17.6 Å². The Kier molecular flexibility index (Phi) is 5.78. The summed E-state index contributed by atoms with van der Waals surface area (Å²) in [5.41, 5.74) is 0.698. The lowest BCUT2D eigenvalue weighted by Crippen LogP contribution is -2.32. The topological polar surface area (TPSA) is 105 Å². The van der Waals surface area contributed by atoms with Gasteiger partial charge in [0.15, 0.2) is 12.4 Å². The summed E-state index contributed by atoms with van der Waals surface area (Å²) in [7, 11) is 1.54. The quantitative estimate of drug-likeness (QED) is 0.710. The van der Waals surface area contributed by atoms with Crippen LogP contribution < -0.4 is 20.7 Å². The molecule has 0 fully saturated rings. The lowest BCUT2D eigenvalue weighted by Gasteiger charge is -2.15. The van der Waals surface area contributed by atoms with Gasteiger partial charge in [-0.3, -0.25) is 9.59 Å². The molecule has 2 rings (SSSR count). The molecule has 24 heavy (non-hydrogen) atoms. The molecule has 0 saturated carbocycles. The van der Waals surface area contributed by atoms with E-state index in [2.05, 4.69) is 21.1 Å². The van der Waals surface area contributed by atoms with Crippen molar-refractivity contribution in [1.82, 2.24) is 10.5 Å². The van der Waals surface area contributed by atoms with Crippen LogP contribution >= 0.6 is 0 Å². The zero-order valence-electron chi connectivity index (χ0n) is 13.8. The molecule has 1 aromatic carbocycles. The molecular formula is C16H20N4O4. The number of amides is 2. The van der Waals surface area contributed by atoms with Crippen molar-refractivity contribution in [3.05, 3.63) is 36.1 Å². The number of carbonyl (C=O) groups is 2. The Morgan fingerprint density at radius 1 is 1.33 bits per heavy atom. The predicted octanol–water partition coefficient (Wildman–Crippen LogP) is 1.55. The SMILES string of the molecule is CNC(=O)COc1cccc(N[C@H](C)C(=O)Nc2cc(C)on2)c1. The third-order valence-electron chi connectivity index (χ3n) is 3.14. The number of aromatic nitrogens is 1. The Labute approximate surface area is 139 Å². The first kappa shape index (κ1) is 17.3. The molecule has 1 heterocycles. The molecule has 0 aliphatic heterocycles. The number of hydrogen-bond acceptors (Lipinski definition) is 6. The number of benzene rings is 1. The fourth-order valence-electron chi connectivity index (χ4n) is 1.87. The second-order valence-corrected chi connectivity index (χ2v) is 5.17. The van der Waals surface area contributed by atoms with Gasteiger partial charge in [0.25, 0.3) is 5.91 Å². The zero-order valence-corrected chi connectivity index (χ0v) is 13.8. The number of aryl methyl sites for hydroxylation is 1. The van der Waals surface area contributed by atoms with Gasteiger partial charge in [-0.25, -0.2) is 0 Å². The van der Waals surface area contributed by atoms with E-state index in [9.17, 15) is 9.59 Å². The molecule has 128 valence electrons. The van der Waals surface area contributed by atoms with Crippen LogP contribution in [-0.4, -0.2) is 36.7 Å². The van der Waals surface area contributed by atoms with Crippen molar-refractivity contribution < 1.29 is 18.8 Å². The number of ether oxygens (including phenoxy) is 1. The smallest absolute Gasteiger partial charge is 0.257 e. The third-order valence-corrected chi connectivity index (χ3v) is 3.14. The van der Waals surface area contributed by atoms with Gasteiger partial charge in [-0.2, -0.15) is 0 Å². The molecule has 2 aromatic rings. The number of nitrogens with zero attached hydrogens (tertiary/aromatic N) is 1. The van der Waals surface area contributed by atoms with E-state index < -0.39 is 6.04 Å². The van der Waals surface area contributed by atoms with Crippen molar-refractivity contribution in [3.8, 4) is 5.75 Å². The molecule has 0 aliphatic carbocycles. The molecule has 0 aliphatic rings. The summed E-state index contributed by atoms with van der Waals surface area (Å²) in [5, 5.41) is 11.9. The molecule has 3 N–H and O–H groups in total. The van der Waals surface area contributed by atoms with Crippen molar-refractivity contribution in [3.63, 3.8) is 0 Å². The molecule has 1 atom stereocenters. The normalized spacial score (nSPS) is 11.5. The van der Waals surface area contributed by atoms with E-state index in [0.29, 0.717) is 23.0 Å². The first-order valence-electron chi connectivity index (χ1n) is 7.42. The monoisotopic (exact) mass is 332 g/mol. The summed E-state index contributed by atoms with van der Waals surface area (Å²) >= 11 is 0. The Morgan fingerprint density at radius 2 is 2.12 bits per heavy atom. The molecule has 2 amide bonds. The maximum Gasteiger partial charge on any atom is 0.257 e. The highest BCUT2D eigenvalue weighted by Crippen LogP contribution is 2.18. The van der Waals surface area contributed by atoms with Crippen LogP contribution in [0.3, 0.4) is 0 Å². The summed E-state index contributed by atoms with van der Waals surface area (Å²) in [6.45, 7) is 3.40. The van der Waals surface area contributed by atoms with Crippen LogP contribution in [0.15, 0.2) is 34.9 Å². The van der Waals surface area contributed by atoms with E-state index in [1.54, 1.807) is 51.2 Å². The molecule has 8 heteroatoms. The standard InChI is InChI=1S/C16H20N4O4/c1-10-7-14(20-24-10)19-16(22)11(2)18-12-5-4-6-13(8-12)23-9-15(21)17-3/h4-8,11,18H,9H2,1-3H3,(H,17,21)(H,19,20,22)/t11-/m1/s1. The summed E-state index contributed by atoms with van der Waals surface area (Å²) in [6.07, 6.45) is 0. The van der Waals surface area contributed by atoms with Gasteiger partial charge >= 0.3 is 0 Å². The zero-order chi connectivity index (χ0) is 17.5. The van der Waals surface area contributed by atoms with Gasteiger partial charge in [-0.15, -0.1) is 0 Å². The summed E-state index contributed by atoms with van der Waals surface area (Å²) in [6, 6.07) is 8.15. The average molecular weight is 332 g/mol. The fourth-order valence-corrected chi connectivity index (χ4v) is 1.87. The van der Waals surface area contributed by atoms with Crippen molar-refractivity contribution in [1.29, 1.82) is 0 Å². The maximum atomic E-state index is 12.1. The van der Waals surface area contributed by atoms with E-state index in [-0.39, 0.29) is 18.4 Å². The number of nitrogens with one attached hydrogen (secondary N) is 3. The summed E-state index contributed by atoms with van der Waals surface area (Å²) < 4.78 is 10.3. The van der Waals surface area contributed by atoms with Crippen LogP contribution in [0.1, 0.15) is 12.7 Å². The number of hydrogen-bond donors (Lipinski definition) is 3. The van der Waals surface area contributed by atoms with E-state index in [0.717, 1.165) is 0 Å². The number of likely N-dealkylation sites (N-methyl/N-ethyl adjacent to an activating group) is 1. The summed E-state index contributed by atoms with van der Waals surface area (Å²) in [5.74, 6) is 1.05. The van der Waals surface area contributed by atoms with Gasteiger partial charge in [-0.05, 0) is 26.0 Å². The Hall–Kier alpha value is -3.03. The van der Waals surface area contributed by atoms with E-state index in [1.165, 1.54) is 0 Å². The van der Waals surface area contributed by atoms with E-state index in [1.807, 2.05) is 0 Å². The Morgan fingerprint density at radius 3 is 2.79 bits per heavy atom. The molecule has 0 spiro atoms. The van der Waals surface area contributed by atoms with Gasteiger partial charge in [0, 0.05) is 24.9 Å². The van der Waals surface area contributed by atoms with Crippen LogP contribution in [0.5, 0.6) is 5.75 Å². The predicted molar refractivity (Wildman–Crippen MR) is 89.0 cm³/mol. The van der Waals surface area contributed by atoms with Crippen molar-refractivity contribution in [2.24, 2.45) is 0 Å². The van der Waals surface area contributed by atoms with E-state index in [4.69, 9.17) is 9.26 Å². The van der Waals surface area contributed by atoms with Gasteiger partial charge in [0.05, 0.1) is 0 Å². The van der Waals surface area contributed by atoms with E-state index >= 15 is 0 Å². The molecule has 0 unspecified atom stereocenters. The van der Waals surface area contributed by atoms with Crippen LogP contribution in [0.4, 0.5) is 11.5 Å². The highest BCUT2D eigenvalue weighted by atomic mass is 16.5. The summed E-state index contributed by atoms with van der Waals surface area (Å²) in [4.78, 5) is 23.3. The molecule has 1 aromatic heterocycles. The van der Waals surface area contributed by atoms with Gasteiger partial charge in [0.2, 0.25) is 5.91 Å². The van der Waals surface area contributed by atoms with Gasteiger partial charge in [-0.1, -0.05) is 11.2 Å². The van der Waals surface area contributed by atoms with Crippen LogP contribution in [0.2, 0.25) is 0 Å². The lowest BCUT2D eigenvalue weighted by atomic mass is 10.2. The lowest BCUT2D eigenvalue weighted by molar-refractivity contribution is -0.122. The van der Waals surface area contributed by atoms with Crippen LogP contribution in [0, 0.1) is 6.92 Å².